The molecular formula is C29H24BrClF7N7O9S. The Balaban J connectivity index is 0.000000300. The smallest absolute Gasteiger partial charge is 0.434 e. The van der Waals surface area contributed by atoms with E-state index in [9.17, 15) is 53.5 Å². The molecule has 0 aliphatic heterocycles. The van der Waals surface area contributed by atoms with E-state index in [1.807, 2.05) is 5.32 Å². The average Bonchev–Trinajstić information content (AvgIpc) is 3.36. The molecule has 4 rings (SSSR count). The Kier molecular flexibility index (Phi) is 13.6. The molecule has 0 radical (unpaired) electrons. The monoisotopic (exact) mass is 893 g/mol. The van der Waals surface area contributed by atoms with Crippen molar-refractivity contribution in [3.8, 4) is 23.0 Å². The maximum absolute atomic E-state index is 14.3. The first-order chi connectivity index (χ1) is 25.3. The molecule has 0 bridgehead atoms. The minimum absolute atomic E-state index is 0.0623. The van der Waals surface area contributed by atoms with Crippen LogP contribution in [0.3, 0.4) is 0 Å². The van der Waals surface area contributed by atoms with E-state index in [1.54, 1.807) is 13.8 Å². The molecule has 1 aromatic carbocycles. The number of nitrogens with zero attached hydrogens (tertiary/aromatic N) is 5. The van der Waals surface area contributed by atoms with Gasteiger partial charge in [0.1, 0.15) is 17.2 Å². The fourth-order valence-corrected chi connectivity index (χ4v) is 6.13. The summed E-state index contributed by atoms with van der Waals surface area (Å²) >= 11 is 8.67. The highest BCUT2D eigenvalue weighted by Gasteiger charge is 2.39. The fraction of sp³-hybridized carbons (Fsp3) is 0.276. The topological polar surface area (TPSA) is 214 Å². The van der Waals surface area contributed by atoms with E-state index in [2.05, 4.69) is 36.0 Å². The average molecular weight is 895 g/mol. The molecule has 0 saturated heterocycles. The van der Waals surface area contributed by atoms with E-state index < -0.39 is 84.7 Å². The Labute approximate surface area is 318 Å². The normalized spacial score (nSPS) is 11.7. The van der Waals surface area contributed by atoms with Crippen LogP contribution < -0.4 is 19.5 Å². The van der Waals surface area contributed by atoms with Crippen LogP contribution in [0.1, 0.15) is 46.0 Å². The number of esters is 1. The minimum Gasteiger partial charge on any atom is -0.481 e. The van der Waals surface area contributed by atoms with E-state index >= 15 is 0 Å². The Hall–Kier alpha value is -5.30. The second kappa shape index (κ2) is 17.0. The zero-order chi connectivity index (χ0) is 41.8. The number of ether oxygens (including phenoxy) is 3. The molecule has 3 heterocycles. The van der Waals surface area contributed by atoms with Crippen molar-refractivity contribution < 1.29 is 72.9 Å². The number of rotatable bonds is 9. The van der Waals surface area contributed by atoms with Crippen molar-refractivity contribution in [2.24, 2.45) is 7.05 Å². The Morgan fingerprint density at radius 2 is 1.53 bits per heavy atom. The molecule has 3 N–H and O–H groups in total. The molecule has 26 heteroatoms. The lowest BCUT2D eigenvalue weighted by molar-refractivity contribution is -0.144. The lowest BCUT2D eigenvalue weighted by Crippen LogP contribution is -2.36. The van der Waals surface area contributed by atoms with Crippen LogP contribution in [-0.2, 0) is 34.2 Å². The zero-order valence-electron chi connectivity index (χ0n) is 28.2. The number of carboxylic acid groups (broad SMARTS) is 1. The number of sulfonamides is 1. The fourth-order valence-electron chi connectivity index (χ4n) is 4.07. The van der Waals surface area contributed by atoms with Gasteiger partial charge >= 0.3 is 30.3 Å². The molecule has 55 heavy (non-hydrogen) atoms. The second-order valence-electron chi connectivity index (χ2n) is 10.6. The lowest BCUT2D eigenvalue weighted by atomic mass is 10.1. The molecule has 0 fully saturated rings. The number of carbonyl (C=O) groups excluding carboxylic acids is 2. The SMILES string of the molecule is CC(C)OC(=O)c1cc(-c2nn(C)c(C(F)(F)F)c2Br)c(F)cc1Cl.COc1cc(OC)nc(NC(=O)NS(=O)(=O)c2nc(C(F)(F)F)ccc2C(=O)O)n1. The van der Waals surface area contributed by atoms with Gasteiger partial charge in [0, 0.05) is 12.6 Å². The van der Waals surface area contributed by atoms with Gasteiger partial charge in [-0.1, -0.05) is 11.6 Å². The van der Waals surface area contributed by atoms with Gasteiger partial charge in [0.2, 0.25) is 17.7 Å². The number of aromatic nitrogens is 5. The number of anilines is 1. The van der Waals surface area contributed by atoms with E-state index in [0.717, 1.165) is 19.2 Å². The summed E-state index contributed by atoms with van der Waals surface area (Å²) in [4.78, 5) is 45.5. The molecular weight excluding hydrogens is 871 g/mol. The van der Waals surface area contributed by atoms with Crippen LogP contribution in [0.5, 0.6) is 11.8 Å². The van der Waals surface area contributed by atoms with Gasteiger partial charge in [0.25, 0.3) is 10.0 Å². The number of urea groups is 1. The number of amides is 2. The lowest BCUT2D eigenvalue weighted by Gasteiger charge is -2.12. The van der Waals surface area contributed by atoms with Crippen molar-refractivity contribution in [2.75, 3.05) is 19.5 Å². The summed E-state index contributed by atoms with van der Waals surface area (Å²) in [5.74, 6) is -4.21. The first kappa shape index (κ1) is 44.1. The third kappa shape index (κ3) is 10.9. The van der Waals surface area contributed by atoms with Gasteiger partial charge in [0.05, 0.1) is 47.0 Å². The molecule has 0 unspecified atom stereocenters. The van der Waals surface area contributed by atoms with Gasteiger partial charge in [0.15, 0.2) is 10.7 Å². The molecule has 2 amide bonds. The number of halogens is 9. The van der Waals surface area contributed by atoms with Crippen LogP contribution in [0, 0.1) is 5.82 Å². The highest BCUT2D eigenvalue weighted by Crippen LogP contribution is 2.41. The molecule has 0 atom stereocenters. The summed E-state index contributed by atoms with van der Waals surface area (Å²) < 4.78 is 133. The number of hydrogen-bond donors (Lipinski definition) is 3. The molecule has 298 valence electrons. The van der Waals surface area contributed by atoms with Crippen LogP contribution in [0.4, 0.5) is 41.5 Å². The molecule has 0 spiro atoms. The van der Waals surface area contributed by atoms with Gasteiger partial charge in [-0.3, -0.25) is 10.00 Å². The molecule has 0 aliphatic rings. The summed E-state index contributed by atoms with van der Waals surface area (Å²) in [6.07, 6.45) is -10.2. The summed E-state index contributed by atoms with van der Waals surface area (Å²) in [6.45, 7) is 3.22. The number of pyridine rings is 1. The van der Waals surface area contributed by atoms with Crippen molar-refractivity contribution in [1.82, 2.24) is 29.5 Å². The van der Waals surface area contributed by atoms with Crippen molar-refractivity contribution in [1.29, 1.82) is 0 Å². The highest BCUT2D eigenvalue weighted by molar-refractivity contribution is 9.10. The van der Waals surface area contributed by atoms with Crippen molar-refractivity contribution in [2.45, 2.75) is 37.3 Å². The second-order valence-corrected chi connectivity index (χ2v) is 13.4. The molecule has 0 saturated carbocycles. The summed E-state index contributed by atoms with van der Waals surface area (Å²) in [5.41, 5.74) is -4.61. The van der Waals surface area contributed by atoms with Gasteiger partial charge in [-0.25, -0.2) is 28.5 Å². The number of benzene rings is 1. The van der Waals surface area contributed by atoms with E-state index in [4.69, 9.17) is 30.9 Å². The summed E-state index contributed by atoms with van der Waals surface area (Å²) in [5, 5.41) is 12.9. The maximum atomic E-state index is 14.3. The number of nitrogens with one attached hydrogen (secondary N) is 2. The first-order valence-electron chi connectivity index (χ1n) is 14.4. The van der Waals surface area contributed by atoms with E-state index in [-0.39, 0.29) is 33.6 Å². The molecule has 0 aliphatic carbocycles. The number of alkyl halides is 6. The number of hydrogen-bond acceptors (Lipinski definition) is 12. The third-order valence-electron chi connectivity index (χ3n) is 6.32. The molecule has 16 nitrogen and oxygen atoms in total. The first-order valence-corrected chi connectivity index (χ1v) is 17.1. The van der Waals surface area contributed by atoms with Crippen LogP contribution in [-0.4, -0.2) is 76.6 Å². The van der Waals surface area contributed by atoms with E-state index in [1.165, 1.54) is 25.0 Å². The Morgan fingerprint density at radius 3 is 2.00 bits per heavy atom. The quantitative estimate of drug-likeness (QED) is 0.124. The van der Waals surface area contributed by atoms with Crippen molar-refractivity contribution >= 4 is 61.5 Å². The van der Waals surface area contributed by atoms with Crippen LogP contribution in [0.2, 0.25) is 5.02 Å². The minimum atomic E-state index is -5.14. The van der Waals surface area contributed by atoms with Crippen LogP contribution in [0.15, 0.2) is 39.8 Å². The van der Waals surface area contributed by atoms with Crippen LogP contribution in [0.25, 0.3) is 11.3 Å². The predicted octanol–water partition coefficient (Wildman–Crippen LogP) is 6.34. The Bertz CT molecular complexity index is 2220. The number of methoxy groups -OCH3 is 2. The largest absolute Gasteiger partial charge is 0.481 e. The van der Waals surface area contributed by atoms with E-state index in [0.29, 0.717) is 16.8 Å². The number of carbonyl (C=O) groups is 3. The zero-order valence-corrected chi connectivity index (χ0v) is 31.4. The highest BCUT2D eigenvalue weighted by atomic mass is 79.9. The standard InChI is InChI=1S/C15H12BrClF4N2O2.C14H12F3N5O7S/c1-6(2)25-14(24)7-4-8(10(18)5-9(7)17)12-11(16)13(15(19,20)21)23(3)22-12;1-28-8-5-9(29-2)20-12(19-8)21-13(25)22-30(26,27)10-6(11(23)24)3-4-7(18-10)14(15,16)17/h4-6H,1-3H3;3-5H,1-2H3,(H,23,24)(H2,19,20,21,22,25). The molecule has 3 aromatic heterocycles. The predicted molar refractivity (Wildman–Crippen MR) is 178 cm³/mol. The Morgan fingerprint density at radius 1 is 0.945 bits per heavy atom. The van der Waals surface area contributed by atoms with Crippen LogP contribution >= 0.6 is 27.5 Å². The third-order valence-corrected chi connectivity index (χ3v) is 8.66. The summed E-state index contributed by atoms with van der Waals surface area (Å²) in [6, 6.07) is 2.28. The van der Waals surface area contributed by atoms with Gasteiger partial charge < -0.3 is 19.3 Å². The summed E-state index contributed by atoms with van der Waals surface area (Å²) in [7, 11) is -1.58. The number of aryl methyl sites for hydroxylation is 1. The number of aromatic carboxylic acids is 1. The van der Waals surface area contributed by atoms with Crippen molar-refractivity contribution in [3.63, 3.8) is 0 Å². The van der Waals surface area contributed by atoms with Gasteiger partial charge in [-0.05, 0) is 54.0 Å². The van der Waals surface area contributed by atoms with Crippen molar-refractivity contribution in [3.05, 3.63) is 68.2 Å². The number of carboxylic acids is 1. The van der Waals surface area contributed by atoms with Gasteiger partial charge in [-0.2, -0.15) is 49.8 Å². The molecule has 4 aromatic rings. The maximum Gasteiger partial charge on any atom is 0.434 e. The van der Waals surface area contributed by atoms with Gasteiger partial charge in [-0.15, -0.1) is 0 Å².